The summed E-state index contributed by atoms with van der Waals surface area (Å²) in [4.78, 5) is 16.4. The van der Waals surface area contributed by atoms with Crippen LogP contribution >= 0.6 is 11.3 Å². The largest absolute Gasteiger partial charge is 0.347 e. The number of aromatic nitrogens is 1. The molecule has 4 rings (SSSR count). The molecule has 0 bridgehead atoms. The zero-order valence-electron chi connectivity index (χ0n) is 14.4. The summed E-state index contributed by atoms with van der Waals surface area (Å²) in [7, 11) is 0. The van der Waals surface area contributed by atoms with E-state index in [0.717, 1.165) is 38.1 Å². The van der Waals surface area contributed by atoms with E-state index in [2.05, 4.69) is 11.1 Å². The molecular formula is C20H19NO3S. The van der Waals surface area contributed by atoms with Crippen molar-refractivity contribution in [2.75, 3.05) is 6.61 Å². The van der Waals surface area contributed by atoms with Gasteiger partial charge < -0.3 is 9.47 Å². The topological polar surface area (TPSA) is 48.4 Å². The van der Waals surface area contributed by atoms with Crippen molar-refractivity contribution < 1.29 is 14.3 Å². The fourth-order valence-electron chi connectivity index (χ4n) is 3.30. The molecule has 25 heavy (non-hydrogen) atoms. The molecule has 1 saturated heterocycles. The maximum absolute atomic E-state index is 11.1. The highest BCUT2D eigenvalue weighted by Crippen LogP contribution is 2.40. The summed E-state index contributed by atoms with van der Waals surface area (Å²) < 4.78 is 13.0. The van der Waals surface area contributed by atoms with Gasteiger partial charge in [-0.2, -0.15) is 0 Å². The molecule has 1 aromatic carbocycles. The Kier molecular flexibility index (Phi) is 3.76. The second-order valence-corrected chi connectivity index (χ2v) is 8.03. The van der Waals surface area contributed by atoms with Crippen molar-refractivity contribution in [3.63, 3.8) is 0 Å². The highest BCUT2D eigenvalue weighted by molar-refractivity contribution is 7.21. The van der Waals surface area contributed by atoms with E-state index in [1.54, 1.807) is 6.20 Å². The van der Waals surface area contributed by atoms with Gasteiger partial charge in [-0.1, -0.05) is 18.2 Å². The van der Waals surface area contributed by atoms with E-state index in [1.807, 2.05) is 51.1 Å². The van der Waals surface area contributed by atoms with Gasteiger partial charge in [0.05, 0.1) is 17.2 Å². The van der Waals surface area contributed by atoms with Crippen LogP contribution in [0.5, 0.6) is 0 Å². The second-order valence-electron chi connectivity index (χ2n) is 6.94. The average Bonchev–Trinajstić information content (AvgIpc) is 3.15. The standard InChI is InChI=1S/C20H19NO3S/c1-19(2)23-12-20(3,24-19)14-7-8-21-17(10-14)16-6-4-5-13-9-15(11-22)25-18(13)16/h4-11H,12H2,1-3H3/t20-/m0/s1. The van der Waals surface area contributed by atoms with Gasteiger partial charge in [-0.3, -0.25) is 9.78 Å². The minimum atomic E-state index is -0.592. The van der Waals surface area contributed by atoms with Gasteiger partial charge in [0.1, 0.15) is 5.60 Å². The summed E-state index contributed by atoms with van der Waals surface area (Å²) >= 11 is 1.49. The Morgan fingerprint density at radius 2 is 2.04 bits per heavy atom. The smallest absolute Gasteiger partial charge is 0.164 e. The highest BCUT2D eigenvalue weighted by Gasteiger charge is 2.43. The lowest BCUT2D eigenvalue weighted by Crippen LogP contribution is -2.28. The lowest BCUT2D eigenvalue weighted by atomic mass is 9.96. The third kappa shape index (κ3) is 2.88. The van der Waals surface area contributed by atoms with Gasteiger partial charge in [-0.25, -0.2) is 0 Å². The van der Waals surface area contributed by atoms with Gasteiger partial charge >= 0.3 is 0 Å². The predicted molar refractivity (Wildman–Crippen MR) is 98.9 cm³/mol. The van der Waals surface area contributed by atoms with E-state index in [-0.39, 0.29) is 0 Å². The van der Waals surface area contributed by atoms with Crippen molar-refractivity contribution in [1.29, 1.82) is 0 Å². The number of pyridine rings is 1. The van der Waals surface area contributed by atoms with Crippen molar-refractivity contribution in [1.82, 2.24) is 4.98 Å². The average molecular weight is 353 g/mol. The SMILES string of the molecule is CC1(C)OC[C@@](C)(c2ccnc(-c3cccc4cc(C=O)sc34)c2)O1. The predicted octanol–water partition coefficient (Wildman–Crippen LogP) is 4.77. The summed E-state index contributed by atoms with van der Waals surface area (Å²) in [6.45, 7) is 6.39. The van der Waals surface area contributed by atoms with Crippen molar-refractivity contribution in [2.24, 2.45) is 0 Å². The molecule has 1 atom stereocenters. The first kappa shape index (κ1) is 16.4. The van der Waals surface area contributed by atoms with E-state index in [4.69, 9.17) is 9.47 Å². The van der Waals surface area contributed by atoms with E-state index >= 15 is 0 Å². The molecule has 4 nitrogen and oxygen atoms in total. The van der Waals surface area contributed by atoms with Gasteiger partial charge in [0, 0.05) is 16.5 Å². The van der Waals surface area contributed by atoms with Crippen LogP contribution in [0.25, 0.3) is 21.3 Å². The Hall–Kier alpha value is -2.08. The third-order valence-corrected chi connectivity index (χ3v) is 5.60. The number of hydrogen-bond acceptors (Lipinski definition) is 5. The molecule has 5 heteroatoms. The van der Waals surface area contributed by atoms with Crippen LogP contribution in [0.3, 0.4) is 0 Å². The minimum Gasteiger partial charge on any atom is -0.347 e. The van der Waals surface area contributed by atoms with Crippen LogP contribution in [-0.2, 0) is 15.1 Å². The second kappa shape index (κ2) is 5.73. The normalized spacial score (nSPS) is 22.4. The lowest BCUT2D eigenvalue weighted by Gasteiger charge is -2.25. The first-order chi connectivity index (χ1) is 11.9. The van der Waals surface area contributed by atoms with Gasteiger partial charge in [-0.05, 0) is 49.9 Å². The number of benzene rings is 1. The molecule has 128 valence electrons. The summed E-state index contributed by atoms with van der Waals surface area (Å²) in [5.41, 5.74) is 2.43. The third-order valence-electron chi connectivity index (χ3n) is 4.49. The first-order valence-electron chi connectivity index (χ1n) is 8.19. The molecule has 0 unspecified atom stereocenters. The van der Waals surface area contributed by atoms with E-state index in [9.17, 15) is 4.79 Å². The number of aldehydes is 1. The number of thiophene rings is 1. The molecule has 0 aliphatic carbocycles. The van der Waals surface area contributed by atoms with E-state index < -0.39 is 11.4 Å². The van der Waals surface area contributed by atoms with Crippen LogP contribution in [0.2, 0.25) is 0 Å². The molecule has 0 saturated carbocycles. The minimum absolute atomic E-state index is 0.501. The Morgan fingerprint density at radius 1 is 1.20 bits per heavy atom. The Bertz CT molecular complexity index is 962. The van der Waals surface area contributed by atoms with Crippen LogP contribution in [0.15, 0.2) is 42.6 Å². The summed E-state index contributed by atoms with van der Waals surface area (Å²) in [5, 5.41) is 1.06. The molecule has 0 spiro atoms. The number of carbonyl (C=O) groups excluding carboxylic acids is 1. The van der Waals surface area contributed by atoms with Gasteiger partial charge in [0.25, 0.3) is 0 Å². The molecule has 3 heterocycles. The summed E-state index contributed by atoms with van der Waals surface area (Å²) in [6, 6.07) is 12.0. The lowest BCUT2D eigenvalue weighted by molar-refractivity contribution is -0.159. The fraction of sp³-hybridized carbons (Fsp3) is 0.300. The van der Waals surface area contributed by atoms with Crippen LogP contribution in [0, 0.1) is 0 Å². The zero-order valence-corrected chi connectivity index (χ0v) is 15.2. The number of fused-ring (bicyclic) bond motifs is 1. The molecule has 1 aliphatic rings. The molecular weight excluding hydrogens is 334 g/mol. The number of nitrogens with zero attached hydrogens (tertiary/aromatic N) is 1. The Morgan fingerprint density at radius 3 is 2.76 bits per heavy atom. The van der Waals surface area contributed by atoms with E-state index in [0.29, 0.717) is 6.61 Å². The maximum atomic E-state index is 11.1. The number of ether oxygens (including phenoxy) is 2. The maximum Gasteiger partial charge on any atom is 0.164 e. The molecule has 1 aliphatic heterocycles. The van der Waals surface area contributed by atoms with Crippen LogP contribution in [-0.4, -0.2) is 23.7 Å². The van der Waals surface area contributed by atoms with E-state index in [1.165, 1.54) is 11.3 Å². The molecule has 3 aromatic rings. The zero-order chi connectivity index (χ0) is 17.7. The Labute approximate surface area is 150 Å². The molecule has 0 N–H and O–H groups in total. The molecule has 1 fully saturated rings. The first-order valence-corrected chi connectivity index (χ1v) is 9.01. The molecule has 2 aromatic heterocycles. The Balaban J connectivity index is 1.81. The van der Waals surface area contributed by atoms with Gasteiger partial charge in [0.15, 0.2) is 12.1 Å². The summed E-state index contributed by atoms with van der Waals surface area (Å²) in [6.07, 6.45) is 2.70. The number of hydrogen-bond donors (Lipinski definition) is 0. The van der Waals surface area contributed by atoms with Crippen LogP contribution in [0.1, 0.15) is 36.0 Å². The van der Waals surface area contributed by atoms with Crippen LogP contribution < -0.4 is 0 Å². The van der Waals surface area contributed by atoms with Crippen molar-refractivity contribution in [3.05, 3.63) is 53.0 Å². The van der Waals surface area contributed by atoms with Crippen molar-refractivity contribution in [3.8, 4) is 11.3 Å². The summed E-state index contributed by atoms with van der Waals surface area (Å²) in [5.74, 6) is -0.592. The number of carbonyl (C=O) groups is 1. The van der Waals surface area contributed by atoms with Gasteiger partial charge in [0.2, 0.25) is 0 Å². The highest BCUT2D eigenvalue weighted by atomic mass is 32.1. The van der Waals surface area contributed by atoms with Crippen LogP contribution in [0.4, 0.5) is 0 Å². The molecule has 0 amide bonds. The van der Waals surface area contributed by atoms with Gasteiger partial charge in [-0.15, -0.1) is 11.3 Å². The number of rotatable bonds is 3. The fourth-order valence-corrected chi connectivity index (χ4v) is 4.30. The quantitative estimate of drug-likeness (QED) is 0.636. The van der Waals surface area contributed by atoms with Crippen molar-refractivity contribution in [2.45, 2.75) is 32.2 Å². The van der Waals surface area contributed by atoms with Crippen molar-refractivity contribution >= 4 is 27.7 Å². The molecule has 0 radical (unpaired) electrons. The monoisotopic (exact) mass is 353 g/mol.